The first-order valence-electron chi connectivity index (χ1n) is 9.14. The van der Waals surface area contributed by atoms with E-state index in [2.05, 4.69) is 34.5 Å². The molecule has 1 fully saturated rings. The molecule has 3 rings (SSSR count). The molecule has 31 heavy (non-hydrogen) atoms. The molecule has 0 spiro atoms. The highest BCUT2D eigenvalue weighted by Gasteiger charge is 2.36. The molecule has 0 bridgehead atoms. The van der Waals surface area contributed by atoms with Gasteiger partial charge in [-0.2, -0.15) is 0 Å². The Kier molecular flexibility index (Phi) is 7.39. The van der Waals surface area contributed by atoms with Crippen molar-refractivity contribution in [2.75, 3.05) is 19.0 Å². The lowest BCUT2D eigenvalue weighted by Gasteiger charge is -2.12. The van der Waals surface area contributed by atoms with Crippen LogP contribution in [0.5, 0.6) is 11.5 Å². The third kappa shape index (κ3) is 5.47. The van der Waals surface area contributed by atoms with Crippen LogP contribution < -0.4 is 10.1 Å². The maximum absolute atomic E-state index is 12.7. The molecule has 160 valence electrons. The Balaban J connectivity index is 1.77. The summed E-state index contributed by atoms with van der Waals surface area (Å²) in [6.07, 6.45) is 3.58. The van der Waals surface area contributed by atoms with E-state index in [1.165, 1.54) is 13.2 Å². The predicted octanol–water partition coefficient (Wildman–Crippen LogP) is 4.41. The second kappa shape index (κ2) is 10.0. The number of phenolic OH excluding ortho intramolecular Hbond substituents is 1. The first-order chi connectivity index (χ1) is 14.8. The van der Waals surface area contributed by atoms with Crippen molar-refractivity contribution in [3.05, 3.63) is 68.7 Å². The normalized spacial score (nSPS) is 14.8. The van der Waals surface area contributed by atoms with E-state index in [0.29, 0.717) is 23.2 Å². The van der Waals surface area contributed by atoms with Crippen LogP contribution in [0.4, 0.5) is 10.5 Å². The highest BCUT2D eigenvalue weighted by Crippen LogP contribution is 2.36. The monoisotopic (exact) mass is 550 g/mol. The van der Waals surface area contributed by atoms with Gasteiger partial charge < -0.3 is 15.2 Å². The van der Waals surface area contributed by atoms with E-state index < -0.39 is 17.1 Å². The molecule has 1 heterocycles. The zero-order valence-corrected chi connectivity index (χ0v) is 19.5. The van der Waals surface area contributed by atoms with Gasteiger partial charge in [-0.05, 0) is 88.8 Å². The molecule has 0 aliphatic carbocycles. The molecule has 1 saturated heterocycles. The first-order valence-corrected chi connectivity index (χ1v) is 11.0. The fourth-order valence-corrected chi connectivity index (χ4v) is 4.10. The van der Waals surface area contributed by atoms with Gasteiger partial charge in [0.25, 0.3) is 11.1 Å². The maximum atomic E-state index is 12.7. The summed E-state index contributed by atoms with van der Waals surface area (Å²) in [5, 5.41) is 12.4. The Labute approximate surface area is 197 Å². The number of hydrogen-bond acceptors (Lipinski definition) is 6. The number of phenols is 1. The molecular formula is C22H19IN2O5S. The summed E-state index contributed by atoms with van der Waals surface area (Å²) in [5.41, 5.74) is 1.75. The van der Waals surface area contributed by atoms with E-state index in [0.717, 1.165) is 20.2 Å². The highest BCUT2D eigenvalue weighted by molar-refractivity contribution is 14.1. The van der Waals surface area contributed by atoms with Crippen LogP contribution in [0.1, 0.15) is 11.1 Å². The molecule has 1 aliphatic rings. The summed E-state index contributed by atoms with van der Waals surface area (Å²) < 4.78 is 6.21. The van der Waals surface area contributed by atoms with Crippen molar-refractivity contribution >= 4 is 63.2 Å². The lowest BCUT2D eigenvalue weighted by molar-refractivity contribution is -0.127. The van der Waals surface area contributed by atoms with Gasteiger partial charge in [-0.15, -0.1) is 6.58 Å². The molecule has 0 radical (unpaired) electrons. The van der Waals surface area contributed by atoms with Gasteiger partial charge in [-0.3, -0.25) is 19.3 Å². The average molecular weight is 550 g/mol. The second-order valence-corrected chi connectivity index (χ2v) is 8.79. The maximum Gasteiger partial charge on any atom is 0.294 e. The first kappa shape index (κ1) is 22.9. The van der Waals surface area contributed by atoms with Gasteiger partial charge in [0.05, 0.1) is 12.0 Å². The van der Waals surface area contributed by atoms with Gasteiger partial charge >= 0.3 is 0 Å². The molecule has 2 aromatic carbocycles. The lowest BCUT2D eigenvalue weighted by Crippen LogP contribution is -2.36. The van der Waals surface area contributed by atoms with Crippen LogP contribution in [0, 0.1) is 3.57 Å². The third-order valence-corrected chi connectivity index (χ3v) is 5.99. The zero-order chi connectivity index (χ0) is 22.5. The number of amides is 3. The molecule has 0 aromatic heterocycles. The van der Waals surface area contributed by atoms with Crippen molar-refractivity contribution in [1.82, 2.24) is 4.90 Å². The second-order valence-electron chi connectivity index (χ2n) is 6.55. The van der Waals surface area contributed by atoms with Crippen LogP contribution in [0.15, 0.2) is 54.0 Å². The Morgan fingerprint density at radius 1 is 1.29 bits per heavy atom. The van der Waals surface area contributed by atoms with Gasteiger partial charge in [0, 0.05) is 14.8 Å². The fourth-order valence-electron chi connectivity index (χ4n) is 2.90. The molecule has 1 aliphatic heterocycles. The molecular weight excluding hydrogens is 531 g/mol. The van der Waals surface area contributed by atoms with Crippen molar-refractivity contribution in [3.63, 3.8) is 0 Å². The number of nitrogens with one attached hydrogen (secondary N) is 1. The number of thioether (sulfide) groups is 1. The van der Waals surface area contributed by atoms with Crippen LogP contribution in [0.25, 0.3) is 6.08 Å². The molecule has 0 atom stereocenters. The van der Waals surface area contributed by atoms with E-state index >= 15 is 0 Å². The minimum absolute atomic E-state index is 0.0000694. The standard InChI is InChI=1S/C22H19IN2O5S/c1-3-4-14-9-13(10-17(30-2)20(14)27)11-18-21(28)25(22(29)31-18)12-19(26)24-16-7-5-15(23)6-8-16/h3,5-11,27H,1,4,12H2,2H3,(H,24,26)/b18-11-. The number of allylic oxidation sites excluding steroid dienone is 1. The van der Waals surface area contributed by atoms with Crippen molar-refractivity contribution in [2.45, 2.75) is 6.42 Å². The summed E-state index contributed by atoms with van der Waals surface area (Å²) in [4.78, 5) is 38.4. The highest BCUT2D eigenvalue weighted by atomic mass is 127. The smallest absolute Gasteiger partial charge is 0.294 e. The van der Waals surface area contributed by atoms with Crippen molar-refractivity contribution in [3.8, 4) is 11.5 Å². The minimum atomic E-state index is -0.551. The quantitative estimate of drug-likeness (QED) is 0.302. The zero-order valence-electron chi connectivity index (χ0n) is 16.6. The van der Waals surface area contributed by atoms with Crippen molar-refractivity contribution in [2.24, 2.45) is 0 Å². The van der Waals surface area contributed by atoms with Crippen LogP contribution in [-0.4, -0.2) is 40.7 Å². The fraction of sp³-hybridized carbons (Fsp3) is 0.136. The third-order valence-electron chi connectivity index (χ3n) is 4.36. The average Bonchev–Trinajstić information content (AvgIpc) is 2.99. The van der Waals surface area contributed by atoms with Gasteiger partial charge in [0.2, 0.25) is 5.91 Å². The number of methoxy groups -OCH3 is 1. The van der Waals surface area contributed by atoms with Crippen LogP contribution in [0.2, 0.25) is 0 Å². The number of ether oxygens (including phenoxy) is 1. The summed E-state index contributed by atoms with van der Waals surface area (Å²) >= 11 is 2.91. The van der Waals surface area contributed by atoms with Crippen LogP contribution >= 0.6 is 34.4 Å². The number of benzene rings is 2. The van der Waals surface area contributed by atoms with Crippen LogP contribution in [0.3, 0.4) is 0 Å². The summed E-state index contributed by atoms with van der Waals surface area (Å²) in [6, 6.07) is 10.4. The SMILES string of the molecule is C=CCc1cc(/C=C2\SC(=O)N(CC(=O)Nc3ccc(I)cc3)C2=O)cc(OC)c1O. The summed E-state index contributed by atoms with van der Waals surface area (Å²) in [7, 11) is 1.43. The Morgan fingerprint density at radius 3 is 2.65 bits per heavy atom. The molecule has 7 nitrogen and oxygen atoms in total. The minimum Gasteiger partial charge on any atom is -0.504 e. The number of halogens is 1. The van der Waals surface area contributed by atoms with E-state index in [4.69, 9.17) is 4.74 Å². The number of imide groups is 1. The van der Waals surface area contributed by atoms with E-state index in [9.17, 15) is 19.5 Å². The molecule has 2 aromatic rings. The molecule has 9 heteroatoms. The predicted molar refractivity (Wildman–Crippen MR) is 129 cm³/mol. The Bertz CT molecular complexity index is 1080. The van der Waals surface area contributed by atoms with E-state index in [-0.39, 0.29) is 22.9 Å². The van der Waals surface area contributed by atoms with Crippen molar-refractivity contribution < 1.29 is 24.2 Å². The number of carbonyl (C=O) groups is 3. The number of rotatable bonds is 7. The summed E-state index contributed by atoms with van der Waals surface area (Å²) in [6.45, 7) is 3.28. The van der Waals surface area contributed by atoms with Crippen molar-refractivity contribution in [1.29, 1.82) is 0 Å². The Morgan fingerprint density at radius 2 is 2.00 bits per heavy atom. The number of hydrogen-bond donors (Lipinski definition) is 2. The molecule has 0 unspecified atom stereocenters. The van der Waals surface area contributed by atoms with E-state index in [1.807, 2.05) is 12.1 Å². The summed E-state index contributed by atoms with van der Waals surface area (Å²) in [5.74, 6) is -0.768. The van der Waals surface area contributed by atoms with Gasteiger partial charge in [0.15, 0.2) is 11.5 Å². The number of anilines is 1. The lowest BCUT2D eigenvalue weighted by atomic mass is 10.1. The van der Waals surface area contributed by atoms with Crippen LogP contribution in [-0.2, 0) is 16.0 Å². The van der Waals surface area contributed by atoms with Gasteiger partial charge in [0.1, 0.15) is 6.54 Å². The Hall–Kier alpha value is -2.79. The number of aromatic hydroxyl groups is 1. The molecule has 0 saturated carbocycles. The topological polar surface area (TPSA) is 95.9 Å². The number of carbonyl (C=O) groups excluding carboxylic acids is 3. The molecule has 3 amide bonds. The molecule has 2 N–H and O–H groups in total. The van der Waals surface area contributed by atoms with Gasteiger partial charge in [-0.25, -0.2) is 0 Å². The number of nitrogens with zero attached hydrogens (tertiary/aromatic N) is 1. The van der Waals surface area contributed by atoms with Gasteiger partial charge in [-0.1, -0.05) is 6.08 Å². The van der Waals surface area contributed by atoms with E-state index in [1.54, 1.807) is 30.3 Å². The largest absolute Gasteiger partial charge is 0.504 e.